The summed E-state index contributed by atoms with van der Waals surface area (Å²) in [6.45, 7) is 9.73. The van der Waals surface area contributed by atoms with Gasteiger partial charge in [0.25, 0.3) is 0 Å². The predicted octanol–water partition coefficient (Wildman–Crippen LogP) is 2.80. The molecule has 2 aliphatic rings. The lowest BCUT2D eigenvalue weighted by atomic mass is 9.95. The molecule has 3 N–H and O–H groups in total. The standard InChI is InChI=1S/C13H20N4S.C12H16N2O/c1-10-8-13(11(2)16(10)3)18-17-7-6-15-12(9-17)4-5-14;1-14-6-5-10-3-2-4-11(7-13-9-15)12(10)8-14/h4-5,8H,6-7,9,14H2,1-3H3;2-4,9H,5-8H2,1H3,(H,13,15)/b5-4-;. The fourth-order valence-electron chi connectivity index (χ4n) is 4.06. The summed E-state index contributed by atoms with van der Waals surface area (Å²) in [5.74, 6) is 0. The summed E-state index contributed by atoms with van der Waals surface area (Å²) in [6.07, 6.45) is 5.31. The Labute approximate surface area is 201 Å². The molecule has 7 nitrogen and oxygen atoms in total. The fourth-order valence-corrected chi connectivity index (χ4v) is 5.20. The van der Waals surface area contributed by atoms with Crippen molar-refractivity contribution in [2.45, 2.75) is 38.3 Å². The Morgan fingerprint density at radius 3 is 2.73 bits per heavy atom. The number of nitrogens with one attached hydrogen (secondary N) is 1. The first-order valence-corrected chi connectivity index (χ1v) is 12.1. The van der Waals surface area contributed by atoms with Crippen molar-refractivity contribution >= 4 is 24.1 Å². The smallest absolute Gasteiger partial charge is 0.207 e. The summed E-state index contributed by atoms with van der Waals surface area (Å²) in [7, 11) is 4.24. The van der Waals surface area contributed by atoms with Crippen molar-refractivity contribution < 1.29 is 4.79 Å². The van der Waals surface area contributed by atoms with Gasteiger partial charge in [0, 0.05) is 49.5 Å². The van der Waals surface area contributed by atoms with E-state index in [0.29, 0.717) is 6.54 Å². The minimum atomic E-state index is 0.639. The summed E-state index contributed by atoms with van der Waals surface area (Å²) in [5.41, 5.74) is 13.1. The molecule has 1 aromatic heterocycles. The average Bonchev–Trinajstić information content (AvgIpc) is 3.05. The number of nitrogens with zero attached hydrogens (tertiary/aromatic N) is 4. The van der Waals surface area contributed by atoms with Gasteiger partial charge in [-0.25, -0.2) is 4.31 Å². The number of likely N-dealkylation sites (N-methyl/N-ethyl adjacent to an activating group) is 1. The second kappa shape index (κ2) is 12.1. The van der Waals surface area contributed by atoms with Gasteiger partial charge in [0.1, 0.15) is 0 Å². The number of aliphatic imine (C=N–C) groups is 1. The van der Waals surface area contributed by atoms with Gasteiger partial charge >= 0.3 is 0 Å². The first-order valence-electron chi connectivity index (χ1n) is 11.4. The normalized spacial score (nSPS) is 16.7. The van der Waals surface area contributed by atoms with E-state index < -0.39 is 0 Å². The van der Waals surface area contributed by atoms with Crippen molar-refractivity contribution in [3.63, 3.8) is 0 Å². The fraction of sp³-hybridized carbons (Fsp3) is 0.440. The van der Waals surface area contributed by atoms with Crippen LogP contribution in [-0.2, 0) is 31.4 Å². The molecule has 2 aromatic rings. The highest BCUT2D eigenvalue weighted by atomic mass is 32.2. The Balaban J connectivity index is 0.000000189. The molecular weight excluding hydrogens is 432 g/mol. The van der Waals surface area contributed by atoms with E-state index in [1.54, 1.807) is 6.20 Å². The molecule has 0 bridgehead atoms. The molecular formula is C25H36N6OS. The van der Waals surface area contributed by atoms with Crippen molar-refractivity contribution in [3.05, 3.63) is 64.6 Å². The third-order valence-electron chi connectivity index (χ3n) is 6.18. The maximum absolute atomic E-state index is 10.3. The van der Waals surface area contributed by atoms with Crippen LogP contribution in [0.15, 0.2) is 46.4 Å². The molecule has 8 heteroatoms. The number of carbonyl (C=O) groups is 1. The number of hydrogen-bond acceptors (Lipinski definition) is 6. The number of benzene rings is 1. The lowest BCUT2D eigenvalue weighted by Crippen LogP contribution is -2.30. The van der Waals surface area contributed by atoms with Crippen LogP contribution in [0, 0.1) is 13.8 Å². The van der Waals surface area contributed by atoms with E-state index in [0.717, 1.165) is 51.3 Å². The van der Waals surface area contributed by atoms with E-state index in [2.05, 4.69) is 76.3 Å². The summed E-state index contributed by atoms with van der Waals surface area (Å²) in [5, 5.41) is 2.73. The van der Waals surface area contributed by atoms with E-state index in [1.165, 1.54) is 33.0 Å². The Morgan fingerprint density at radius 1 is 1.21 bits per heavy atom. The Morgan fingerprint density at radius 2 is 2.03 bits per heavy atom. The van der Waals surface area contributed by atoms with Crippen molar-refractivity contribution in [2.24, 2.45) is 17.8 Å². The molecule has 0 spiro atoms. The summed E-state index contributed by atoms with van der Waals surface area (Å²) < 4.78 is 4.56. The molecule has 1 aromatic carbocycles. The quantitative estimate of drug-likeness (QED) is 0.504. The van der Waals surface area contributed by atoms with Crippen molar-refractivity contribution in [1.82, 2.24) is 19.1 Å². The minimum Gasteiger partial charge on any atom is -0.405 e. The number of amides is 1. The second-order valence-electron chi connectivity index (χ2n) is 8.52. The van der Waals surface area contributed by atoms with Gasteiger partial charge in [-0.15, -0.1) is 0 Å². The average molecular weight is 469 g/mol. The zero-order valence-corrected chi connectivity index (χ0v) is 21.0. The van der Waals surface area contributed by atoms with Gasteiger partial charge < -0.3 is 20.5 Å². The van der Waals surface area contributed by atoms with E-state index in [4.69, 9.17) is 5.73 Å². The molecule has 0 saturated carbocycles. The van der Waals surface area contributed by atoms with Gasteiger partial charge in [0.2, 0.25) is 6.41 Å². The van der Waals surface area contributed by atoms with E-state index in [9.17, 15) is 4.79 Å². The van der Waals surface area contributed by atoms with Crippen molar-refractivity contribution in [1.29, 1.82) is 0 Å². The molecule has 0 aliphatic carbocycles. The summed E-state index contributed by atoms with van der Waals surface area (Å²) in [6, 6.07) is 8.59. The van der Waals surface area contributed by atoms with Crippen LogP contribution < -0.4 is 11.1 Å². The van der Waals surface area contributed by atoms with Crippen LogP contribution in [0.1, 0.15) is 28.1 Å². The van der Waals surface area contributed by atoms with Crippen LogP contribution in [-0.4, -0.2) is 59.1 Å². The third-order valence-corrected chi connectivity index (χ3v) is 7.36. The molecule has 0 radical (unpaired) electrons. The Kier molecular flexibility index (Phi) is 9.17. The van der Waals surface area contributed by atoms with E-state index in [-0.39, 0.29) is 0 Å². The second-order valence-corrected chi connectivity index (χ2v) is 9.66. The van der Waals surface area contributed by atoms with Gasteiger partial charge in [-0.1, -0.05) is 18.2 Å². The number of fused-ring (bicyclic) bond motifs is 1. The van der Waals surface area contributed by atoms with Crippen molar-refractivity contribution in [2.75, 3.05) is 33.2 Å². The molecule has 3 heterocycles. The van der Waals surface area contributed by atoms with E-state index in [1.807, 2.05) is 18.0 Å². The van der Waals surface area contributed by atoms with Crippen LogP contribution in [0.3, 0.4) is 0 Å². The van der Waals surface area contributed by atoms with Crippen LogP contribution in [0.25, 0.3) is 0 Å². The molecule has 0 fully saturated rings. The Bertz CT molecular complexity index is 1010. The van der Waals surface area contributed by atoms with Crippen LogP contribution in [0.5, 0.6) is 0 Å². The SMILES string of the molecule is CN1CCc2cccc(CNC=O)c2C1.Cc1cc(SN2CCN=C(/C=C\N)C2)c(C)n1C. The molecule has 1 amide bonds. The Hall–Kier alpha value is -2.55. The van der Waals surface area contributed by atoms with Gasteiger partial charge in [0.05, 0.1) is 18.8 Å². The summed E-state index contributed by atoms with van der Waals surface area (Å²) >= 11 is 1.81. The lowest BCUT2D eigenvalue weighted by molar-refractivity contribution is -0.109. The van der Waals surface area contributed by atoms with Gasteiger partial charge in [-0.2, -0.15) is 0 Å². The molecule has 0 atom stereocenters. The number of aryl methyl sites for hydroxylation is 1. The molecule has 2 aliphatic heterocycles. The predicted molar refractivity (Wildman–Crippen MR) is 137 cm³/mol. The van der Waals surface area contributed by atoms with Gasteiger partial charge in [-0.3, -0.25) is 9.79 Å². The number of carbonyl (C=O) groups excluding carboxylic acids is 1. The molecule has 178 valence electrons. The van der Waals surface area contributed by atoms with Crippen LogP contribution >= 0.6 is 11.9 Å². The zero-order valence-electron chi connectivity index (χ0n) is 20.2. The highest BCUT2D eigenvalue weighted by Crippen LogP contribution is 2.29. The topological polar surface area (TPSA) is 78.9 Å². The molecule has 33 heavy (non-hydrogen) atoms. The molecule has 0 saturated heterocycles. The van der Waals surface area contributed by atoms with Crippen LogP contribution in [0.2, 0.25) is 0 Å². The maximum atomic E-state index is 10.3. The minimum absolute atomic E-state index is 0.639. The number of rotatable bonds is 6. The lowest BCUT2D eigenvalue weighted by Gasteiger charge is -2.26. The number of nitrogens with two attached hydrogens (primary N) is 1. The third kappa shape index (κ3) is 6.72. The summed E-state index contributed by atoms with van der Waals surface area (Å²) in [4.78, 5) is 18.4. The number of hydrogen-bond donors (Lipinski definition) is 2. The molecule has 0 unspecified atom stereocenters. The highest BCUT2D eigenvalue weighted by Gasteiger charge is 2.17. The zero-order chi connectivity index (χ0) is 23.8. The molecule has 4 rings (SSSR count). The maximum Gasteiger partial charge on any atom is 0.207 e. The first kappa shape index (κ1) is 25.1. The van der Waals surface area contributed by atoms with Gasteiger partial charge in [-0.05, 0) is 74.3 Å². The monoisotopic (exact) mass is 468 g/mol. The van der Waals surface area contributed by atoms with E-state index >= 15 is 0 Å². The van der Waals surface area contributed by atoms with Crippen LogP contribution in [0.4, 0.5) is 0 Å². The largest absolute Gasteiger partial charge is 0.405 e. The van der Waals surface area contributed by atoms with Gasteiger partial charge in [0.15, 0.2) is 0 Å². The highest BCUT2D eigenvalue weighted by molar-refractivity contribution is 7.97. The van der Waals surface area contributed by atoms with Crippen molar-refractivity contribution in [3.8, 4) is 0 Å². The number of aromatic nitrogens is 1. The first-order chi connectivity index (χ1) is 15.9.